The third-order valence-corrected chi connectivity index (χ3v) is 6.11. The molecule has 0 radical (unpaired) electrons. The van der Waals surface area contributed by atoms with Crippen LogP contribution in [-0.2, 0) is 20.0 Å². The van der Waals surface area contributed by atoms with Crippen molar-refractivity contribution in [3.05, 3.63) is 18.0 Å². The smallest absolute Gasteiger partial charge is 0.187 e. The molecular weight excluding hydrogens is 320 g/mol. The zero-order valence-electron chi connectivity index (χ0n) is 13.4. The van der Waals surface area contributed by atoms with Crippen LogP contribution in [0.25, 0.3) is 0 Å². The van der Waals surface area contributed by atoms with Gasteiger partial charge in [0.05, 0.1) is 29.9 Å². The molecule has 0 atom stereocenters. The normalized spacial score (nSPS) is 19.2. The average Bonchev–Trinajstić information content (AvgIpc) is 2.44. The second-order valence-electron chi connectivity index (χ2n) is 6.54. The number of thioether (sulfide) groups is 1. The van der Waals surface area contributed by atoms with Gasteiger partial charge in [0, 0.05) is 17.4 Å². The van der Waals surface area contributed by atoms with Crippen LogP contribution < -0.4 is 0 Å². The summed E-state index contributed by atoms with van der Waals surface area (Å²) in [5.74, 6) is 1.28. The van der Waals surface area contributed by atoms with Gasteiger partial charge in [-0.3, -0.25) is 0 Å². The van der Waals surface area contributed by atoms with Gasteiger partial charge in [-0.1, -0.05) is 32.5 Å². The van der Waals surface area contributed by atoms with E-state index in [1.165, 1.54) is 0 Å². The third kappa shape index (κ3) is 5.52. The summed E-state index contributed by atoms with van der Waals surface area (Å²) in [7, 11) is -2.81. The summed E-state index contributed by atoms with van der Waals surface area (Å²) >= 11 is 1.57. The molecule has 1 saturated heterocycles. The number of rotatable bonds is 5. The SMILES string of the molecule is CC(C)(C)c1ccnc(SCCOC2CCS(=O)(=O)CC2)n1. The van der Waals surface area contributed by atoms with Gasteiger partial charge in [0.1, 0.15) is 0 Å². The molecule has 2 heterocycles. The third-order valence-electron chi connectivity index (χ3n) is 3.57. The summed E-state index contributed by atoms with van der Waals surface area (Å²) in [4.78, 5) is 8.84. The summed E-state index contributed by atoms with van der Waals surface area (Å²) in [6.07, 6.45) is 3.10. The molecule has 1 aromatic heterocycles. The zero-order chi connectivity index (χ0) is 16.2. The Bertz CT molecular complexity index is 583. The number of hydrogen-bond acceptors (Lipinski definition) is 6. The van der Waals surface area contributed by atoms with E-state index in [0.29, 0.717) is 19.4 Å². The van der Waals surface area contributed by atoms with Crippen molar-refractivity contribution in [2.24, 2.45) is 0 Å². The number of nitrogens with zero attached hydrogens (tertiary/aromatic N) is 2. The molecular formula is C15H24N2O3S2. The maximum atomic E-state index is 11.3. The zero-order valence-corrected chi connectivity index (χ0v) is 15.0. The standard InChI is InChI=1S/C15H24N2O3S2/c1-15(2,3)13-4-7-16-14(17-13)21-9-8-20-12-5-10-22(18,19)11-6-12/h4,7,12H,5-6,8-11H2,1-3H3. The van der Waals surface area contributed by atoms with E-state index >= 15 is 0 Å². The molecule has 1 aliphatic heterocycles. The van der Waals surface area contributed by atoms with Gasteiger partial charge in [-0.15, -0.1) is 0 Å². The Kier molecular flexibility index (Phi) is 5.85. The maximum absolute atomic E-state index is 11.3. The van der Waals surface area contributed by atoms with E-state index in [-0.39, 0.29) is 23.0 Å². The summed E-state index contributed by atoms with van der Waals surface area (Å²) in [6.45, 7) is 6.98. The van der Waals surface area contributed by atoms with Crippen LogP contribution in [0.5, 0.6) is 0 Å². The minimum absolute atomic E-state index is 0.0162. The highest BCUT2D eigenvalue weighted by atomic mass is 32.2. The molecule has 0 N–H and O–H groups in total. The molecule has 0 unspecified atom stereocenters. The van der Waals surface area contributed by atoms with Gasteiger partial charge in [0.2, 0.25) is 0 Å². The Balaban J connectivity index is 1.73. The van der Waals surface area contributed by atoms with E-state index in [0.717, 1.165) is 16.6 Å². The summed E-state index contributed by atoms with van der Waals surface area (Å²) in [5, 5.41) is 0.766. The molecule has 1 aromatic rings. The maximum Gasteiger partial charge on any atom is 0.187 e. The first-order valence-corrected chi connectivity index (χ1v) is 10.4. The molecule has 0 bridgehead atoms. The Morgan fingerprint density at radius 3 is 2.64 bits per heavy atom. The lowest BCUT2D eigenvalue weighted by atomic mass is 9.92. The second kappa shape index (κ2) is 7.27. The largest absolute Gasteiger partial charge is 0.377 e. The first-order valence-electron chi connectivity index (χ1n) is 7.55. The van der Waals surface area contributed by atoms with Gasteiger partial charge in [-0.2, -0.15) is 0 Å². The Labute approximate surface area is 137 Å². The topological polar surface area (TPSA) is 69.2 Å². The summed E-state index contributed by atoms with van der Waals surface area (Å²) < 4.78 is 28.5. The van der Waals surface area contributed by atoms with Crippen LogP contribution >= 0.6 is 11.8 Å². The quantitative estimate of drug-likeness (QED) is 0.464. The number of aromatic nitrogens is 2. The molecule has 0 spiro atoms. The van der Waals surface area contributed by atoms with E-state index < -0.39 is 9.84 Å². The molecule has 1 aliphatic rings. The number of hydrogen-bond donors (Lipinski definition) is 0. The van der Waals surface area contributed by atoms with Gasteiger partial charge < -0.3 is 4.74 Å². The van der Waals surface area contributed by atoms with Crippen molar-refractivity contribution in [1.82, 2.24) is 9.97 Å². The molecule has 5 nitrogen and oxygen atoms in total. The van der Waals surface area contributed by atoms with Crippen molar-refractivity contribution in [3.8, 4) is 0 Å². The average molecular weight is 345 g/mol. The molecule has 0 amide bonds. The van der Waals surface area contributed by atoms with Crippen molar-refractivity contribution < 1.29 is 13.2 Å². The molecule has 7 heteroatoms. The van der Waals surface area contributed by atoms with Crippen molar-refractivity contribution in [2.45, 2.75) is 50.3 Å². The van der Waals surface area contributed by atoms with Crippen LogP contribution in [0.1, 0.15) is 39.3 Å². The molecule has 0 aromatic carbocycles. The highest BCUT2D eigenvalue weighted by molar-refractivity contribution is 7.99. The van der Waals surface area contributed by atoms with Gasteiger partial charge >= 0.3 is 0 Å². The summed E-state index contributed by atoms with van der Waals surface area (Å²) in [5.41, 5.74) is 1.05. The van der Waals surface area contributed by atoms with Crippen molar-refractivity contribution in [3.63, 3.8) is 0 Å². The van der Waals surface area contributed by atoms with E-state index in [2.05, 4.69) is 30.7 Å². The molecule has 22 heavy (non-hydrogen) atoms. The van der Waals surface area contributed by atoms with E-state index in [1.54, 1.807) is 18.0 Å². The lowest BCUT2D eigenvalue weighted by Crippen LogP contribution is -2.29. The predicted molar refractivity (Wildman–Crippen MR) is 89.1 cm³/mol. The van der Waals surface area contributed by atoms with Crippen molar-refractivity contribution >= 4 is 21.6 Å². The molecule has 0 saturated carbocycles. The lowest BCUT2D eigenvalue weighted by Gasteiger charge is -2.22. The van der Waals surface area contributed by atoms with Crippen LogP contribution in [0.2, 0.25) is 0 Å². The molecule has 1 fully saturated rings. The Morgan fingerprint density at radius 2 is 2.00 bits per heavy atom. The first kappa shape index (κ1) is 17.7. The van der Waals surface area contributed by atoms with Crippen molar-refractivity contribution in [1.29, 1.82) is 0 Å². The lowest BCUT2D eigenvalue weighted by molar-refractivity contribution is 0.0581. The van der Waals surface area contributed by atoms with E-state index in [1.807, 2.05) is 6.07 Å². The van der Waals surface area contributed by atoms with Gasteiger partial charge in [0.25, 0.3) is 0 Å². The molecule has 0 aliphatic carbocycles. The minimum atomic E-state index is -2.81. The van der Waals surface area contributed by atoms with Crippen LogP contribution in [-0.4, -0.2) is 48.4 Å². The minimum Gasteiger partial charge on any atom is -0.377 e. The van der Waals surface area contributed by atoms with Crippen LogP contribution in [0.4, 0.5) is 0 Å². The second-order valence-corrected chi connectivity index (χ2v) is 9.91. The van der Waals surface area contributed by atoms with Gasteiger partial charge in [0.15, 0.2) is 15.0 Å². The first-order chi connectivity index (χ1) is 10.3. The monoisotopic (exact) mass is 344 g/mol. The molecule has 2 rings (SSSR count). The molecule has 124 valence electrons. The Hall–Kier alpha value is -0.660. The highest BCUT2D eigenvalue weighted by Gasteiger charge is 2.23. The summed E-state index contributed by atoms with van der Waals surface area (Å²) in [6, 6.07) is 1.95. The van der Waals surface area contributed by atoms with Gasteiger partial charge in [-0.25, -0.2) is 18.4 Å². The Morgan fingerprint density at radius 1 is 1.32 bits per heavy atom. The van der Waals surface area contributed by atoms with Gasteiger partial charge in [-0.05, 0) is 18.9 Å². The highest BCUT2D eigenvalue weighted by Crippen LogP contribution is 2.22. The number of ether oxygens (including phenoxy) is 1. The van der Waals surface area contributed by atoms with E-state index in [9.17, 15) is 8.42 Å². The van der Waals surface area contributed by atoms with Crippen LogP contribution in [0.3, 0.4) is 0 Å². The number of sulfone groups is 1. The van der Waals surface area contributed by atoms with Crippen molar-refractivity contribution in [2.75, 3.05) is 23.9 Å². The fourth-order valence-corrected chi connectivity index (χ4v) is 4.32. The van der Waals surface area contributed by atoms with Crippen LogP contribution in [0, 0.1) is 0 Å². The van der Waals surface area contributed by atoms with Crippen LogP contribution in [0.15, 0.2) is 17.4 Å². The fraction of sp³-hybridized carbons (Fsp3) is 0.733. The predicted octanol–water partition coefficient (Wildman–Crippen LogP) is 2.46. The fourth-order valence-electron chi connectivity index (χ4n) is 2.21. The van der Waals surface area contributed by atoms with E-state index in [4.69, 9.17) is 4.74 Å².